The Labute approximate surface area is 248 Å². The van der Waals surface area contributed by atoms with Gasteiger partial charge in [0.2, 0.25) is 0 Å². The molecule has 2 unspecified atom stereocenters. The third kappa shape index (κ3) is 4.22. The highest BCUT2D eigenvalue weighted by Gasteiger charge is 2.51. The Bertz CT molecular complexity index is 1620. The number of unbranched alkanes of at least 4 members (excludes halogenated alkanes) is 2. The Kier molecular flexibility index (Phi) is 6.55. The van der Waals surface area contributed by atoms with E-state index in [-0.39, 0.29) is 23.2 Å². The smallest absolute Gasteiger partial charge is 0.108 e. The molecule has 0 spiro atoms. The van der Waals surface area contributed by atoms with E-state index in [0.717, 1.165) is 93.9 Å². The fraction of sp³-hybridized carbons (Fsp3) is 0.444. The average Bonchev–Trinajstić information content (AvgIpc) is 2.97. The molecule has 1 fully saturated rings. The lowest BCUT2D eigenvalue weighted by Crippen LogP contribution is -2.52. The number of rotatable bonds is 8. The molecule has 6 nitrogen and oxygen atoms in total. The summed E-state index contributed by atoms with van der Waals surface area (Å²) >= 11 is 0. The highest BCUT2D eigenvalue weighted by atomic mass is 16.3. The lowest BCUT2D eigenvalue weighted by Gasteiger charge is -2.48. The first-order chi connectivity index (χ1) is 20.3. The van der Waals surface area contributed by atoms with E-state index in [9.17, 15) is 10.2 Å². The number of nitrogens with one attached hydrogen (secondary N) is 4. The van der Waals surface area contributed by atoms with Gasteiger partial charge in [-0.15, -0.1) is 0 Å². The maximum atomic E-state index is 11.7. The number of anilines is 4. The Hall–Kier alpha value is -3.48. The summed E-state index contributed by atoms with van der Waals surface area (Å²) in [6, 6.07) is 21.2. The van der Waals surface area contributed by atoms with E-state index < -0.39 is 12.2 Å². The van der Waals surface area contributed by atoms with Crippen LogP contribution in [0.5, 0.6) is 0 Å². The van der Waals surface area contributed by atoms with Crippen LogP contribution in [0.15, 0.2) is 60.7 Å². The van der Waals surface area contributed by atoms with Gasteiger partial charge < -0.3 is 31.5 Å². The maximum absolute atomic E-state index is 11.7. The van der Waals surface area contributed by atoms with E-state index in [0.29, 0.717) is 0 Å². The van der Waals surface area contributed by atoms with Crippen LogP contribution >= 0.6 is 0 Å². The first-order valence-corrected chi connectivity index (χ1v) is 15.9. The van der Waals surface area contributed by atoms with E-state index in [1.54, 1.807) is 0 Å². The zero-order chi connectivity index (χ0) is 29.2. The van der Waals surface area contributed by atoms with Crippen molar-refractivity contribution in [3.63, 3.8) is 0 Å². The number of aliphatic hydroxyl groups is 2. The van der Waals surface area contributed by atoms with E-state index >= 15 is 0 Å². The van der Waals surface area contributed by atoms with Crippen molar-refractivity contribution < 1.29 is 10.2 Å². The van der Waals surface area contributed by atoms with Crippen LogP contribution in [0.2, 0.25) is 0 Å². The molecule has 3 aliphatic rings. The summed E-state index contributed by atoms with van der Waals surface area (Å²) in [6.07, 6.45) is 5.42. The summed E-state index contributed by atoms with van der Waals surface area (Å²) in [7, 11) is 0. The quantitative estimate of drug-likeness (QED) is 0.130. The molecule has 2 aliphatic heterocycles. The van der Waals surface area contributed by atoms with Crippen LogP contribution in [0.4, 0.5) is 22.7 Å². The second-order valence-corrected chi connectivity index (χ2v) is 13.3. The monoisotopic (exact) mass is 564 g/mol. The van der Waals surface area contributed by atoms with Crippen molar-refractivity contribution in [2.24, 2.45) is 0 Å². The van der Waals surface area contributed by atoms with Crippen molar-refractivity contribution in [2.75, 3.05) is 21.3 Å². The normalized spacial score (nSPS) is 24.7. The fourth-order valence-electron chi connectivity index (χ4n) is 7.88. The molecule has 42 heavy (non-hydrogen) atoms. The summed E-state index contributed by atoms with van der Waals surface area (Å²) in [4.78, 5) is 0. The molecular weight excluding hydrogens is 520 g/mol. The van der Waals surface area contributed by atoms with Gasteiger partial charge in [0.25, 0.3) is 0 Å². The molecule has 7 rings (SSSR count). The minimum Gasteiger partial charge on any atom is -0.392 e. The zero-order valence-electron chi connectivity index (χ0n) is 25.2. The van der Waals surface area contributed by atoms with Crippen LogP contribution in [-0.4, -0.2) is 33.7 Å². The predicted molar refractivity (Wildman–Crippen MR) is 176 cm³/mol. The molecule has 2 atom stereocenters. The van der Waals surface area contributed by atoms with Gasteiger partial charge >= 0.3 is 0 Å². The summed E-state index contributed by atoms with van der Waals surface area (Å²) in [6.45, 7) is 8.74. The Morgan fingerprint density at radius 2 is 1.02 bits per heavy atom. The van der Waals surface area contributed by atoms with Crippen molar-refractivity contribution >= 4 is 44.3 Å². The summed E-state index contributed by atoms with van der Waals surface area (Å²) in [5, 5.41) is 42.9. The van der Waals surface area contributed by atoms with Gasteiger partial charge in [-0.05, 0) is 85.7 Å². The molecular formula is C36H44N4O2. The Morgan fingerprint density at radius 1 is 0.595 bits per heavy atom. The van der Waals surface area contributed by atoms with Gasteiger partial charge in [-0.1, -0.05) is 63.1 Å². The van der Waals surface area contributed by atoms with Gasteiger partial charge in [0.1, 0.15) is 11.3 Å². The molecule has 0 amide bonds. The first kappa shape index (κ1) is 27.4. The molecule has 0 saturated heterocycles. The van der Waals surface area contributed by atoms with E-state index in [1.165, 1.54) is 0 Å². The molecule has 1 aliphatic carbocycles. The molecule has 0 radical (unpaired) electrons. The number of benzene rings is 4. The van der Waals surface area contributed by atoms with Gasteiger partial charge in [-0.2, -0.15) is 0 Å². The molecule has 4 aromatic carbocycles. The molecule has 4 aromatic rings. The standard InChI is InChI=1S/C36H44N4O2/c1-5-7-19-36(20-8-6-2)39-26-14-10-12-22-24(16-18-28(40-36)30(22)26)32-33(41)31(34(32)42)23-15-17-27-29-21(23)11-9-13-25(29)37-35(3,4)38-27/h9-18,31-34,37-42H,5-8,19-20H2,1-4H3. The highest BCUT2D eigenvalue weighted by molar-refractivity contribution is 6.08. The Morgan fingerprint density at radius 3 is 1.50 bits per heavy atom. The topological polar surface area (TPSA) is 88.6 Å². The molecule has 1 saturated carbocycles. The van der Waals surface area contributed by atoms with Gasteiger partial charge in [0, 0.05) is 45.4 Å². The Balaban J connectivity index is 1.23. The molecule has 6 N–H and O–H groups in total. The van der Waals surface area contributed by atoms with Crippen LogP contribution < -0.4 is 21.3 Å². The van der Waals surface area contributed by atoms with Crippen molar-refractivity contribution in [1.29, 1.82) is 0 Å². The van der Waals surface area contributed by atoms with Gasteiger partial charge in [-0.25, -0.2) is 0 Å². The first-order valence-electron chi connectivity index (χ1n) is 15.9. The van der Waals surface area contributed by atoms with Crippen molar-refractivity contribution in [3.05, 3.63) is 71.8 Å². The third-order valence-corrected chi connectivity index (χ3v) is 9.90. The highest BCUT2D eigenvalue weighted by Crippen LogP contribution is 2.54. The van der Waals surface area contributed by atoms with Crippen LogP contribution in [0.3, 0.4) is 0 Å². The van der Waals surface area contributed by atoms with Crippen molar-refractivity contribution in [1.82, 2.24) is 0 Å². The number of hydrogen-bond acceptors (Lipinski definition) is 6. The summed E-state index contributed by atoms with van der Waals surface area (Å²) in [5.41, 5.74) is 6.03. The minimum atomic E-state index is -0.687. The predicted octanol–water partition coefficient (Wildman–Crippen LogP) is 8.08. The third-order valence-electron chi connectivity index (χ3n) is 9.90. The fourth-order valence-corrected chi connectivity index (χ4v) is 7.88. The number of hydrogen-bond donors (Lipinski definition) is 6. The van der Waals surface area contributed by atoms with Crippen LogP contribution in [0.1, 0.15) is 89.2 Å². The van der Waals surface area contributed by atoms with Crippen LogP contribution in [0.25, 0.3) is 21.5 Å². The zero-order valence-corrected chi connectivity index (χ0v) is 25.2. The van der Waals surface area contributed by atoms with Crippen LogP contribution in [0, 0.1) is 0 Å². The van der Waals surface area contributed by atoms with E-state index in [4.69, 9.17) is 0 Å². The van der Waals surface area contributed by atoms with E-state index in [1.807, 2.05) is 0 Å². The summed E-state index contributed by atoms with van der Waals surface area (Å²) in [5.74, 6) is -0.709. The second kappa shape index (κ2) is 10.1. The number of aliphatic hydroxyl groups excluding tert-OH is 2. The SMILES string of the molecule is CCCCC1(CCCC)Nc2cccc3c(C4C(O)C(c5ccc6c7c(cccc57)NC(C)(C)N6)C4O)ccc(c23)N1. The average molecular weight is 565 g/mol. The largest absolute Gasteiger partial charge is 0.392 e. The van der Waals surface area contributed by atoms with Crippen LogP contribution in [-0.2, 0) is 0 Å². The minimum absolute atomic E-state index is 0.150. The van der Waals surface area contributed by atoms with Gasteiger partial charge in [0.05, 0.1) is 12.2 Å². The molecule has 220 valence electrons. The lowest BCUT2D eigenvalue weighted by molar-refractivity contribution is -0.0775. The second-order valence-electron chi connectivity index (χ2n) is 13.3. The maximum Gasteiger partial charge on any atom is 0.108 e. The van der Waals surface area contributed by atoms with Gasteiger partial charge in [-0.3, -0.25) is 0 Å². The van der Waals surface area contributed by atoms with E-state index in [2.05, 4.69) is 110 Å². The molecule has 2 heterocycles. The summed E-state index contributed by atoms with van der Waals surface area (Å²) < 4.78 is 0. The molecule has 6 heteroatoms. The van der Waals surface area contributed by atoms with Crippen molar-refractivity contribution in [3.8, 4) is 0 Å². The molecule has 0 bridgehead atoms. The van der Waals surface area contributed by atoms with Crippen molar-refractivity contribution in [2.45, 2.75) is 102 Å². The van der Waals surface area contributed by atoms with Gasteiger partial charge in [0.15, 0.2) is 0 Å². The lowest BCUT2D eigenvalue weighted by atomic mass is 9.62. The molecule has 0 aromatic heterocycles.